The van der Waals surface area contributed by atoms with E-state index in [1.807, 2.05) is 19.1 Å². The molecule has 5 heteroatoms. The summed E-state index contributed by atoms with van der Waals surface area (Å²) in [5.74, 6) is 1.16. The van der Waals surface area contributed by atoms with Crippen LogP contribution in [-0.4, -0.2) is 26.7 Å². The minimum absolute atomic E-state index is 0.0339. The van der Waals surface area contributed by atoms with Crippen molar-refractivity contribution in [2.75, 3.05) is 20.8 Å². The largest absolute Gasteiger partial charge is 0.493 e. The Morgan fingerprint density at radius 1 is 1.33 bits per heavy atom. The van der Waals surface area contributed by atoms with Crippen molar-refractivity contribution in [3.63, 3.8) is 0 Å². The zero-order valence-corrected chi connectivity index (χ0v) is 11.6. The van der Waals surface area contributed by atoms with Crippen LogP contribution < -0.4 is 14.8 Å². The molecular weight excluding hydrogens is 254 g/mol. The van der Waals surface area contributed by atoms with E-state index < -0.39 is 0 Å². The Morgan fingerprint density at radius 2 is 2.06 bits per heavy atom. The average molecular weight is 272 g/mol. The summed E-state index contributed by atoms with van der Waals surface area (Å²) in [7, 11) is 3.11. The molecule has 0 fully saturated rings. The molecule has 0 saturated heterocycles. The van der Waals surface area contributed by atoms with Gasteiger partial charge in [-0.15, -0.1) is 0 Å². The number of halogens is 1. The lowest BCUT2D eigenvalue weighted by atomic mass is 10.1. The average Bonchev–Trinajstić information content (AvgIpc) is 2.39. The van der Waals surface area contributed by atoms with Crippen molar-refractivity contribution in [2.45, 2.75) is 19.8 Å². The van der Waals surface area contributed by atoms with Crippen molar-refractivity contribution in [1.82, 2.24) is 5.32 Å². The molecule has 0 spiro atoms. The van der Waals surface area contributed by atoms with Crippen LogP contribution in [-0.2, 0) is 11.2 Å². The number of hydrogen-bond donors (Lipinski definition) is 1. The molecule has 100 valence electrons. The predicted octanol–water partition coefficient (Wildman–Crippen LogP) is 2.43. The van der Waals surface area contributed by atoms with Gasteiger partial charge in [0, 0.05) is 13.0 Å². The van der Waals surface area contributed by atoms with Crippen molar-refractivity contribution < 1.29 is 14.3 Å². The monoisotopic (exact) mass is 271 g/mol. The van der Waals surface area contributed by atoms with E-state index in [4.69, 9.17) is 21.1 Å². The molecule has 0 aliphatic heterocycles. The van der Waals surface area contributed by atoms with Gasteiger partial charge in [-0.2, -0.15) is 0 Å². The number of ether oxygens (including phenoxy) is 2. The van der Waals surface area contributed by atoms with Gasteiger partial charge in [0.25, 0.3) is 0 Å². The number of hydrogen-bond acceptors (Lipinski definition) is 3. The number of methoxy groups -OCH3 is 2. The van der Waals surface area contributed by atoms with Crippen molar-refractivity contribution in [2.24, 2.45) is 0 Å². The normalized spacial score (nSPS) is 10.0. The first-order chi connectivity index (χ1) is 8.63. The highest BCUT2D eigenvalue weighted by Crippen LogP contribution is 2.37. The molecule has 1 aromatic rings. The Hall–Kier alpha value is -1.42. The van der Waals surface area contributed by atoms with E-state index in [0.29, 0.717) is 35.9 Å². The van der Waals surface area contributed by atoms with Crippen LogP contribution in [0.1, 0.15) is 18.9 Å². The molecule has 0 bridgehead atoms. The summed E-state index contributed by atoms with van der Waals surface area (Å²) in [6.07, 6.45) is 1.14. The van der Waals surface area contributed by atoms with Crippen LogP contribution in [0.4, 0.5) is 0 Å². The fourth-order valence-corrected chi connectivity index (χ4v) is 1.91. The summed E-state index contributed by atoms with van der Waals surface area (Å²) in [4.78, 5) is 11.1. The number of benzene rings is 1. The van der Waals surface area contributed by atoms with Gasteiger partial charge >= 0.3 is 0 Å². The molecule has 4 nitrogen and oxygen atoms in total. The van der Waals surface area contributed by atoms with Gasteiger partial charge in [0.05, 0.1) is 19.2 Å². The molecule has 0 heterocycles. The van der Waals surface area contributed by atoms with Gasteiger partial charge in [-0.05, 0) is 18.1 Å². The van der Waals surface area contributed by atoms with Gasteiger partial charge in [-0.25, -0.2) is 0 Å². The van der Waals surface area contributed by atoms with E-state index >= 15 is 0 Å². The molecule has 0 aliphatic carbocycles. The topological polar surface area (TPSA) is 47.6 Å². The van der Waals surface area contributed by atoms with Gasteiger partial charge in [-0.3, -0.25) is 4.79 Å². The Morgan fingerprint density at radius 3 is 2.61 bits per heavy atom. The van der Waals surface area contributed by atoms with E-state index in [9.17, 15) is 4.79 Å². The summed E-state index contributed by atoms with van der Waals surface area (Å²) < 4.78 is 10.4. The molecule has 0 saturated carbocycles. The second-order valence-electron chi connectivity index (χ2n) is 3.73. The molecule has 0 aromatic heterocycles. The molecule has 0 radical (unpaired) electrons. The maximum absolute atomic E-state index is 11.1. The Balaban J connectivity index is 2.75. The number of carbonyl (C=O) groups excluding carboxylic acids is 1. The molecule has 0 atom stereocenters. The quantitative estimate of drug-likeness (QED) is 0.864. The van der Waals surface area contributed by atoms with Crippen LogP contribution in [0.15, 0.2) is 12.1 Å². The van der Waals surface area contributed by atoms with Gasteiger partial charge in [0.2, 0.25) is 5.91 Å². The minimum atomic E-state index is 0.0339. The fourth-order valence-electron chi connectivity index (χ4n) is 1.58. The standard InChI is InChI=1S/C13H18ClNO3/c1-4-11(16)15-8-7-9-5-6-10(17-2)13(18-3)12(9)14/h5-6H,4,7-8H2,1-3H3,(H,15,16). The zero-order chi connectivity index (χ0) is 13.5. The fraction of sp³-hybridized carbons (Fsp3) is 0.462. The Kier molecular flexibility index (Phi) is 5.78. The molecule has 1 aromatic carbocycles. The molecule has 0 aliphatic rings. The molecule has 0 unspecified atom stereocenters. The van der Waals surface area contributed by atoms with Crippen molar-refractivity contribution >= 4 is 17.5 Å². The van der Waals surface area contributed by atoms with E-state index in [-0.39, 0.29) is 5.91 Å². The molecule has 18 heavy (non-hydrogen) atoms. The zero-order valence-electron chi connectivity index (χ0n) is 10.9. The maximum atomic E-state index is 11.1. The van der Waals surface area contributed by atoms with Crippen LogP contribution in [0.2, 0.25) is 5.02 Å². The second kappa shape index (κ2) is 7.11. The maximum Gasteiger partial charge on any atom is 0.219 e. The predicted molar refractivity (Wildman–Crippen MR) is 71.6 cm³/mol. The van der Waals surface area contributed by atoms with Crippen LogP contribution in [0.25, 0.3) is 0 Å². The van der Waals surface area contributed by atoms with Crippen molar-refractivity contribution in [3.05, 3.63) is 22.7 Å². The molecule has 1 amide bonds. The summed E-state index contributed by atoms with van der Waals surface area (Å²) in [6.45, 7) is 2.38. The lowest BCUT2D eigenvalue weighted by Gasteiger charge is -2.13. The summed E-state index contributed by atoms with van der Waals surface area (Å²) in [5, 5.41) is 3.33. The lowest BCUT2D eigenvalue weighted by Crippen LogP contribution is -2.24. The van der Waals surface area contributed by atoms with Gasteiger partial charge in [-0.1, -0.05) is 24.6 Å². The van der Waals surface area contributed by atoms with Crippen LogP contribution >= 0.6 is 11.6 Å². The van der Waals surface area contributed by atoms with Gasteiger partial charge < -0.3 is 14.8 Å². The van der Waals surface area contributed by atoms with Crippen LogP contribution in [0.5, 0.6) is 11.5 Å². The third kappa shape index (κ3) is 3.53. The van der Waals surface area contributed by atoms with Crippen molar-refractivity contribution in [1.29, 1.82) is 0 Å². The first-order valence-corrected chi connectivity index (χ1v) is 6.17. The highest BCUT2D eigenvalue weighted by Gasteiger charge is 2.12. The van der Waals surface area contributed by atoms with Crippen LogP contribution in [0, 0.1) is 0 Å². The van der Waals surface area contributed by atoms with Gasteiger partial charge in [0.15, 0.2) is 11.5 Å². The SMILES string of the molecule is CCC(=O)NCCc1ccc(OC)c(OC)c1Cl. The van der Waals surface area contributed by atoms with E-state index in [0.717, 1.165) is 5.56 Å². The smallest absolute Gasteiger partial charge is 0.219 e. The first kappa shape index (κ1) is 14.6. The Labute approximate surface area is 112 Å². The molecule has 1 rings (SSSR count). The highest BCUT2D eigenvalue weighted by molar-refractivity contribution is 6.33. The number of nitrogens with one attached hydrogen (secondary N) is 1. The minimum Gasteiger partial charge on any atom is -0.493 e. The summed E-state index contributed by atoms with van der Waals surface area (Å²) in [5.41, 5.74) is 0.922. The molecule has 1 N–H and O–H groups in total. The van der Waals surface area contributed by atoms with Crippen molar-refractivity contribution in [3.8, 4) is 11.5 Å². The van der Waals surface area contributed by atoms with Crippen LogP contribution in [0.3, 0.4) is 0 Å². The van der Waals surface area contributed by atoms with E-state index in [2.05, 4.69) is 5.32 Å². The summed E-state index contributed by atoms with van der Waals surface area (Å²) >= 11 is 6.22. The van der Waals surface area contributed by atoms with E-state index in [1.54, 1.807) is 14.2 Å². The van der Waals surface area contributed by atoms with E-state index in [1.165, 1.54) is 0 Å². The number of amides is 1. The number of carbonyl (C=O) groups is 1. The third-order valence-electron chi connectivity index (χ3n) is 2.60. The van der Waals surface area contributed by atoms with Gasteiger partial charge in [0.1, 0.15) is 0 Å². The third-order valence-corrected chi connectivity index (χ3v) is 3.02. The molecular formula is C13H18ClNO3. The second-order valence-corrected chi connectivity index (χ2v) is 4.11. The first-order valence-electron chi connectivity index (χ1n) is 5.80. The number of rotatable bonds is 6. The highest BCUT2D eigenvalue weighted by atomic mass is 35.5. The lowest BCUT2D eigenvalue weighted by molar-refractivity contribution is -0.120. The summed E-state index contributed by atoms with van der Waals surface area (Å²) in [6, 6.07) is 3.68. The Bertz CT molecular complexity index is 421.